The summed E-state index contributed by atoms with van der Waals surface area (Å²) in [5.74, 6) is -0.490. The number of fused-ring (bicyclic) bond motifs is 1. The van der Waals surface area contributed by atoms with Gasteiger partial charge >= 0.3 is 6.03 Å². The second kappa shape index (κ2) is 8.19. The maximum atomic E-state index is 14.0. The van der Waals surface area contributed by atoms with Crippen LogP contribution in [0.4, 0.5) is 9.18 Å². The molecule has 1 aliphatic rings. The van der Waals surface area contributed by atoms with E-state index < -0.39 is 11.9 Å². The highest BCUT2D eigenvalue weighted by Crippen LogP contribution is 2.39. The average molecular weight is 388 g/mol. The Labute approximate surface area is 168 Å². The van der Waals surface area contributed by atoms with E-state index in [0.29, 0.717) is 18.5 Å². The fraction of sp³-hybridized carbons (Fsp3) is 0.125. The molecule has 2 N–H and O–H groups in total. The van der Waals surface area contributed by atoms with Crippen molar-refractivity contribution < 1.29 is 14.3 Å². The molecule has 0 fully saturated rings. The Morgan fingerprint density at radius 1 is 1.03 bits per heavy atom. The van der Waals surface area contributed by atoms with Crippen molar-refractivity contribution in [3.63, 3.8) is 0 Å². The number of amides is 2. The summed E-state index contributed by atoms with van der Waals surface area (Å²) in [6.45, 7) is 0.461. The van der Waals surface area contributed by atoms with Crippen LogP contribution in [0.2, 0.25) is 0 Å². The number of hydrogen-bond acceptors (Lipinski definition) is 2. The van der Waals surface area contributed by atoms with Gasteiger partial charge in [-0.3, -0.25) is 0 Å². The summed E-state index contributed by atoms with van der Waals surface area (Å²) in [6, 6.07) is 20.4. The number of phenolic OH excluding ortho intramolecular Hbond substituents is 1. The Kier molecular flexibility index (Phi) is 5.29. The minimum absolute atomic E-state index is 0.0364. The summed E-state index contributed by atoms with van der Waals surface area (Å²) < 4.78 is 14.0. The lowest BCUT2D eigenvalue weighted by molar-refractivity contribution is 0.183. The predicted octanol–water partition coefficient (Wildman–Crippen LogP) is 4.86. The minimum atomic E-state index is -0.569. The zero-order valence-electron chi connectivity index (χ0n) is 15.8. The van der Waals surface area contributed by atoms with Crippen LogP contribution in [-0.2, 0) is 6.42 Å². The van der Waals surface area contributed by atoms with Crippen molar-refractivity contribution >= 4 is 12.1 Å². The van der Waals surface area contributed by atoms with Crippen molar-refractivity contribution in [2.75, 3.05) is 6.54 Å². The van der Waals surface area contributed by atoms with E-state index in [2.05, 4.69) is 5.32 Å². The number of nitrogens with one attached hydrogen (secondary N) is 1. The van der Waals surface area contributed by atoms with Gasteiger partial charge in [0.25, 0.3) is 0 Å². The number of carbonyl (C=O) groups is 1. The van der Waals surface area contributed by atoms with Crippen LogP contribution >= 0.6 is 0 Å². The summed E-state index contributed by atoms with van der Waals surface area (Å²) in [6.07, 6.45) is 4.10. The Bertz CT molecular complexity index is 1050. The summed E-state index contributed by atoms with van der Waals surface area (Å²) in [5.41, 5.74) is 3.32. The highest BCUT2D eigenvalue weighted by molar-refractivity contribution is 5.78. The van der Waals surface area contributed by atoms with Gasteiger partial charge in [0.15, 0.2) is 0 Å². The standard InChI is InChI=1S/C24H21FN2O2/c25-19-10-11-22(28)21(16-19)23-20-9-5-4-8-18(20)13-15-27(23)24(29)26-14-12-17-6-2-1-3-7-17/h1-12,14,16,23,28H,13,15H2,(H,26,29). The fourth-order valence-corrected chi connectivity index (χ4v) is 3.72. The van der Waals surface area contributed by atoms with Crippen LogP contribution in [0, 0.1) is 5.82 Å². The molecule has 1 aliphatic heterocycles. The Morgan fingerprint density at radius 3 is 2.62 bits per heavy atom. The van der Waals surface area contributed by atoms with Gasteiger partial charge in [-0.2, -0.15) is 0 Å². The largest absolute Gasteiger partial charge is 0.508 e. The molecule has 0 saturated carbocycles. The molecular formula is C24H21FN2O2. The number of hydrogen-bond donors (Lipinski definition) is 2. The van der Waals surface area contributed by atoms with E-state index in [1.54, 1.807) is 11.1 Å². The van der Waals surface area contributed by atoms with Crippen molar-refractivity contribution in [3.8, 4) is 5.75 Å². The molecule has 146 valence electrons. The molecule has 4 nitrogen and oxygen atoms in total. The molecule has 0 aliphatic carbocycles. The quantitative estimate of drug-likeness (QED) is 0.673. The number of benzene rings is 3. The number of urea groups is 1. The minimum Gasteiger partial charge on any atom is -0.508 e. The first-order valence-electron chi connectivity index (χ1n) is 9.48. The first-order chi connectivity index (χ1) is 14.1. The van der Waals surface area contributed by atoms with Crippen LogP contribution in [0.1, 0.15) is 28.3 Å². The normalized spacial score (nSPS) is 15.9. The number of phenols is 1. The predicted molar refractivity (Wildman–Crippen MR) is 111 cm³/mol. The van der Waals surface area contributed by atoms with Gasteiger partial charge in [0.05, 0.1) is 6.04 Å². The highest BCUT2D eigenvalue weighted by atomic mass is 19.1. The van der Waals surface area contributed by atoms with Gasteiger partial charge in [-0.15, -0.1) is 0 Å². The topological polar surface area (TPSA) is 52.6 Å². The first-order valence-corrected chi connectivity index (χ1v) is 9.48. The van der Waals surface area contributed by atoms with E-state index in [-0.39, 0.29) is 11.8 Å². The zero-order valence-corrected chi connectivity index (χ0v) is 15.8. The van der Waals surface area contributed by atoms with E-state index >= 15 is 0 Å². The van der Waals surface area contributed by atoms with Crippen LogP contribution in [0.25, 0.3) is 6.08 Å². The van der Waals surface area contributed by atoms with Gasteiger partial charge in [-0.25, -0.2) is 9.18 Å². The third kappa shape index (κ3) is 3.99. The molecule has 1 heterocycles. The molecule has 1 unspecified atom stereocenters. The molecule has 1 atom stereocenters. The lowest BCUT2D eigenvalue weighted by atomic mass is 9.88. The number of halogens is 1. The SMILES string of the molecule is O=C(NC=Cc1ccccc1)N1CCc2ccccc2C1c1cc(F)ccc1O. The Morgan fingerprint density at radius 2 is 1.79 bits per heavy atom. The maximum Gasteiger partial charge on any atom is 0.322 e. The van der Waals surface area contributed by atoms with E-state index in [1.165, 1.54) is 18.2 Å². The van der Waals surface area contributed by atoms with Gasteiger partial charge in [0, 0.05) is 18.3 Å². The first kappa shape index (κ1) is 18.7. The summed E-state index contributed by atoms with van der Waals surface area (Å²) in [5, 5.41) is 13.2. The smallest absolute Gasteiger partial charge is 0.322 e. The molecule has 0 spiro atoms. The number of rotatable bonds is 3. The summed E-state index contributed by atoms with van der Waals surface area (Å²) in [7, 11) is 0. The van der Waals surface area contributed by atoms with Gasteiger partial charge in [-0.05, 0) is 47.4 Å². The van der Waals surface area contributed by atoms with Crippen LogP contribution in [0.5, 0.6) is 5.75 Å². The van der Waals surface area contributed by atoms with Gasteiger partial charge in [0.1, 0.15) is 11.6 Å². The van der Waals surface area contributed by atoms with E-state index in [4.69, 9.17) is 0 Å². The Hall–Kier alpha value is -3.60. The lowest BCUT2D eigenvalue weighted by Crippen LogP contribution is -2.44. The van der Waals surface area contributed by atoms with Gasteiger partial charge in [-0.1, -0.05) is 54.6 Å². The van der Waals surface area contributed by atoms with E-state index in [0.717, 1.165) is 16.7 Å². The molecule has 0 aromatic heterocycles. The van der Waals surface area contributed by atoms with Crippen LogP contribution < -0.4 is 5.32 Å². The van der Waals surface area contributed by atoms with Gasteiger partial charge in [0.2, 0.25) is 0 Å². The third-order valence-corrected chi connectivity index (χ3v) is 5.11. The lowest BCUT2D eigenvalue weighted by Gasteiger charge is -2.37. The monoisotopic (exact) mass is 388 g/mol. The van der Waals surface area contributed by atoms with Gasteiger partial charge < -0.3 is 15.3 Å². The summed E-state index contributed by atoms with van der Waals surface area (Å²) in [4.78, 5) is 14.6. The average Bonchev–Trinajstić information content (AvgIpc) is 2.75. The van der Waals surface area contributed by atoms with Crippen LogP contribution in [0.15, 0.2) is 79.0 Å². The molecule has 3 aromatic carbocycles. The third-order valence-electron chi connectivity index (χ3n) is 5.11. The van der Waals surface area contributed by atoms with Crippen molar-refractivity contribution in [3.05, 3.63) is 107 Å². The molecule has 2 amide bonds. The Balaban J connectivity index is 1.65. The molecule has 0 saturated heterocycles. The second-order valence-electron chi connectivity index (χ2n) is 6.94. The maximum absolute atomic E-state index is 14.0. The van der Waals surface area contributed by atoms with Crippen molar-refractivity contribution in [1.82, 2.24) is 10.2 Å². The van der Waals surface area contributed by atoms with Crippen LogP contribution in [-0.4, -0.2) is 22.6 Å². The van der Waals surface area contributed by atoms with Crippen molar-refractivity contribution in [2.24, 2.45) is 0 Å². The number of nitrogens with zero attached hydrogens (tertiary/aromatic N) is 1. The highest BCUT2D eigenvalue weighted by Gasteiger charge is 2.33. The molecule has 3 aromatic rings. The van der Waals surface area contributed by atoms with Crippen molar-refractivity contribution in [2.45, 2.75) is 12.5 Å². The molecule has 0 bridgehead atoms. The summed E-state index contributed by atoms with van der Waals surface area (Å²) >= 11 is 0. The molecular weight excluding hydrogens is 367 g/mol. The number of aromatic hydroxyl groups is 1. The fourth-order valence-electron chi connectivity index (χ4n) is 3.72. The van der Waals surface area contributed by atoms with E-state index in [1.807, 2.05) is 60.7 Å². The molecule has 29 heavy (non-hydrogen) atoms. The number of carbonyl (C=O) groups excluding carboxylic acids is 1. The van der Waals surface area contributed by atoms with E-state index in [9.17, 15) is 14.3 Å². The molecule has 0 radical (unpaired) electrons. The zero-order chi connectivity index (χ0) is 20.2. The second-order valence-corrected chi connectivity index (χ2v) is 6.94. The van der Waals surface area contributed by atoms with Crippen molar-refractivity contribution in [1.29, 1.82) is 0 Å². The molecule has 4 rings (SSSR count). The molecule has 5 heteroatoms. The van der Waals surface area contributed by atoms with Crippen LogP contribution in [0.3, 0.4) is 0 Å².